The lowest BCUT2D eigenvalue weighted by Gasteiger charge is -2.51. The molecule has 0 aromatic rings. The highest BCUT2D eigenvalue weighted by molar-refractivity contribution is 4.93. The van der Waals surface area contributed by atoms with E-state index in [0.29, 0.717) is 17.3 Å². The van der Waals surface area contributed by atoms with Gasteiger partial charge in [-0.05, 0) is 29.6 Å². The van der Waals surface area contributed by atoms with E-state index in [4.69, 9.17) is 9.47 Å². The third-order valence-electron chi connectivity index (χ3n) is 4.13. The van der Waals surface area contributed by atoms with Crippen molar-refractivity contribution in [2.24, 2.45) is 22.7 Å². The minimum absolute atomic E-state index is 0.0344. The predicted molar refractivity (Wildman–Crippen MR) is 71.9 cm³/mol. The molecule has 2 heteroatoms. The van der Waals surface area contributed by atoms with Crippen molar-refractivity contribution in [2.75, 3.05) is 7.11 Å². The van der Waals surface area contributed by atoms with Gasteiger partial charge in [0, 0.05) is 13.5 Å². The Balaban J connectivity index is 2.99. The molecular formula is C15H30O2. The van der Waals surface area contributed by atoms with Crippen molar-refractivity contribution >= 4 is 0 Å². The van der Waals surface area contributed by atoms with Crippen LogP contribution in [0.25, 0.3) is 0 Å². The highest BCUT2D eigenvalue weighted by Gasteiger charge is 2.46. The molecule has 102 valence electrons. The van der Waals surface area contributed by atoms with Gasteiger partial charge in [-0.15, -0.1) is 0 Å². The zero-order chi connectivity index (χ0) is 13.4. The van der Waals surface area contributed by atoms with Gasteiger partial charge in [0.1, 0.15) is 0 Å². The predicted octanol–water partition coefficient (Wildman–Crippen LogP) is 4.09. The molecule has 0 radical (unpaired) electrons. The van der Waals surface area contributed by atoms with Crippen LogP contribution in [0.1, 0.15) is 54.9 Å². The Labute approximate surface area is 107 Å². The summed E-state index contributed by atoms with van der Waals surface area (Å²) in [6.45, 7) is 16.2. The van der Waals surface area contributed by atoms with Crippen LogP contribution in [0.5, 0.6) is 0 Å². The van der Waals surface area contributed by atoms with Gasteiger partial charge in [0.15, 0.2) is 6.29 Å². The second-order valence-electron chi connectivity index (χ2n) is 7.61. The molecule has 2 nitrogen and oxygen atoms in total. The first-order valence-corrected chi connectivity index (χ1v) is 6.75. The van der Waals surface area contributed by atoms with Crippen molar-refractivity contribution < 1.29 is 9.47 Å². The van der Waals surface area contributed by atoms with E-state index in [1.165, 1.54) is 0 Å². The number of rotatable bonds is 1. The Morgan fingerprint density at radius 1 is 1.00 bits per heavy atom. The molecule has 0 aliphatic carbocycles. The van der Waals surface area contributed by atoms with Gasteiger partial charge in [0.05, 0.1) is 6.10 Å². The van der Waals surface area contributed by atoms with E-state index < -0.39 is 0 Å². The number of hydrogen-bond donors (Lipinski definition) is 0. The summed E-state index contributed by atoms with van der Waals surface area (Å²) in [6.07, 6.45) is 1.23. The molecule has 1 rings (SSSR count). The molecule has 1 aliphatic heterocycles. The minimum atomic E-state index is -0.0344. The van der Waals surface area contributed by atoms with Crippen LogP contribution in [0, 0.1) is 22.7 Å². The van der Waals surface area contributed by atoms with Crippen molar-refractivity contribution in [3.8, 4) is 0 Å². The average Bonchev–Trinajstić information content (AvgIpc) is 2.12. The molecule has 4 atom stereocenters. The molecule has 0 spiro atoms. The van der Waals surface area contributed by atoms with E-state index >= 15 is 0 Å². The van der Waals surface area contributed by atoms with Crippen LogP contribution in [0.3, 0.4) is 0 Å². The first kappa shape index (κ1) is 15.0. The van der Waals surface area contributed by atoms with Crippen molar-refractivity contribution in [2.45, 2.75) is 67.3 Å². The molecule has 1 fully saturated rings. The van der Waals surface area contributed by atoms with E-state index in [-0.39, 0.29) is 17.8 Å². The Kier molecular flexibility index (Phi) is 4.31. The number of methoxy groups -OCH3 is 1. The monoisotopic (exact) mass is 242 g/mol. The van der Waals surface area contributed by atoms with E-state index in [2.05, 4.69) is 48.5 Å². The molecule has 0 aromatic heterocycles. The smallest absolute Gasteiger partial charge is 0.157 e. The highest BCUT2D eigenvalue weighted by Crippen LogP contribution is 2.49. The van der Waals surface area contributed by atoms with Gasteiger partial charge in [-0.2, -0.15) is 0 Å². The van der Waals surface area contributed by atoms with Crippen LogP contribution < -0.4 is 0 Å². The number of ether oxygens (including phenoxy) is 2. The topological polar surface area (TPSA) is 18.5 Å². The van der Waals surface area contributed by atoms with Crippen molar-refractivity contribution in [3.05, 3.63) is 0 Å². The van der Waals surface area contributed by atoms with Crippen molar-refractivity contribution in [1.29, 1.82) is 0 Å². The van der Waals surface area contributed by atoms with Crippen LogP contribution in [-0.4, -0.2) is 19.5 Å². The highest BCUT2D eigenvalue weighted by atomic mass is 16.7. The second kappa shape index (κ2) is 4.89. The lowest BCUT2D eigenvalue weighted by Crippen LogP contribution is -2.50. The number of hydrogen-bond acceptors (Lipinski definition) is 2. The summed E-state index contributed by atoms with van der Waals surface area (Å²) >= 11 is 0. The Morgan fingerprint density at radius 2 is 1.53 bits per heavy atom. The summed E-state index contributed by atoms with van der Waals surface area (Å²) in [5.74, 6) is 1.21. The molecule has 1 saturated heterocycles. The SMILES string of the molecule is COC1CC(C(C)(C)C)C(C(C)(C)C)C(C)O1. The third-order valence-corrected chi connectivity index (χ3v) is 4.13. The largest absolute Gasteiger partial charge is 0.356 e. The zero-order valence-corrected chi connectivity index (χ0v) is 12.8. The van der Waals surface area contributed by atoms with E-state index in [1.54, 1.807) is 7.11 Å². The summed E-state index contributed by atoms with van der Waals surface area (Å²) in [5.41, 5.74) is 0.572. The van der Waals surface area contributed by atoms with Crippen molar-refractivity contribution in [1.82, 2.24) is 0 Å². The third kappa shape index (κ3) is 3.45. The fourth-order valence-electron chi connectivity index (χ4n) is 3.41. The van der Waals surface area contributed by atoms with Crippen LogP contribution in [0.15, 0.2) is 0 Å². The minimum Gasteiger partial charge on any atom is -0.356 e. The van der Waals surface area contributed by atoms with Gasteiger partial charge in [0.2, 0.25) is 0 Å². The van der Waals surface area contributed by atoms with Crippen LogP contribution in [-0.2, 0) is 9.47 Å². The molecule has 0 amide bonds. The van der Waals surface area contributed by atoms with E-state index in [1.807, 2.05) is 0 Å². The first-order chi connectivity index (χ1) is 7.57. The van der Waals surface area contributed by atoms with Crippen LogP contribution in [0.4, 0.5) is 0 Å². The average molecular weight is 242 g/mol. The van der Waals surface area contributed by atoms with Gasteiger partial charge in [-0.1, -0.05) is 41.5 Å². The summed E-state index contributed by atoms with van der Waals surface area (Å²) in [5, 5.41) is 0. The molecule has 1 aliphatic rings. The Bertz CT molecular complexity index is 247. The molecule has 0 bridgehead atoms. The Morgan fingerprint density at radius 3 is 1.88 bits per heavy atom. The quantitative estimate of drug-likeness (QED) is 0.689. The molecule has 17 heavy (non-hydrogen) atoms. The lowest BCUT2D eigenvalue weighted by atomic mass is 9.60. The van der Waals surface area contributed by atoms with Gasteiger partial charge in [0.25, 0.3) is 0 Å². The normalized spacial score (nSPS) is 36.0. The second-order valence-corrected chi connectivity index (χ2v) is 7.61. The van der Waals surface area contributed by atoms with Crippen LogP contribution >= 0.6 is 0 Å². The molecule has 0 aromatic carbocycles. The summed E-state index contributed by atoms with van der Waals surface area (Å²) in [6, 6.07) is 0. The fraction of sp³-hybridized carbons (Fsp3) is 1.00. The summed E-state index contributed by atoms with van der Waals surface area (Å²) in [4.78, 5) is 0. The summed E-state index contributed by atoms with van der Waals surface area (Å²) in [7, 11) is 1.74. The summed E-state index contributed by atoms with van der Waals surface area (Å²) < 4.78 is 11.4. The van der Waals surface area contributed by atoms with Gasteiger partial charge >= 0.3 is 0 Å². The molecule has 1 heterocycles. The maximum absolute atomic E-state index is 5.98. The molecular weight excluding hydrogens is 212 g/mol. The van der Waals surface area contributed by atoms with Crippen LogP contribution in [0.2, 0.25) is 0 Å². The van der Waals surface area contributed by atoms with Gasteiger partial charge in [-0.3, -0.25) is 0 Å². The fourth-order valence-corrected chi connectivity index (χ4v) is 3.41. The molecule has 4 unspecified atom stereocenters. The lowest BCUT2D eigenvalue weighted by molar-refractivity contribution is -0.235. The maximum Gasteiger partial charge on any atom is 0.157 e. The molecule has 0 saturated carbocycles. The zero-order valence-electron chi connectivity index (χ0n) is 12.8. The van der Waals surface area contributed by atoms with E-state index in [9.17, 15) is 0 Å². The standard InChI is InChI=1S/C15H30O2/c1-10-13(15(5,6)7)11(14(2,3)4)9-12(16-8)17-10/h10-13H,9H2,1-8H3. The maximum atomic E-state index is 5.98. The van der Waals surface area contributed by atoms with E-state index in [0.717, 1.165) is 6.42 Å². The van der Waals surface area contributed by atoms with Gasteiger partial charge < -0.3 is 9.47 Å². The first-order valence-electron chi connectivity index (χ1n) is 6.75. The van der Waals surface area contributed by atoms with Gasteiger partial charge in [-0.25, -0.2) is 0 Å². The van der Waals surface area contributed by atoms with Crippen molar-refractivity contribution in [3.63, 3.8) is 0 Å². The molecule has 0 N–H and O–H groups in total. The Hall–Kier alpha value is -0.0800.